The number of rotatable bonds is 4. The molecule has 1 aromatic carbocycles. The Bertz CT molecular complexity index is 383. The third-order valence-electron chi connectivity index (χ3n) is 2.00. The van der Waals surface area contributed by atoms with Gasteiger partial charge in [0.05, 0.1) is 0 Å². The molecule has 0 aromatic heterocycles. The molecule has 16 heavy (non-hydrogen) atoms. The maximum absolute atomic E-state index is 11.1. The molecule has 0 saturated heterocycles. The van der Waals surface area contributed by atoms with Gasteiger partial charge in [-0.05, 0) is 17.9 Å². The van der Waals surface area contributed by atoms with Gasteiger partial charge in [-0.1, -0.05) is 30.8 Å². The smallest absolute Gasteiger partial charge is 0.457 e. The lowest BCUT2D eigenvalue weighted by molar-refractivity contribution is -0.140. The van der Waals surface area contributed by atoms with Gasteiger partial charge in [-0.3, -0.25) is 0 Å². The van der Waals surface area contributed by atoms with Crippen LogP contribution in [0.3, 0.4) is 0 Å². The Morgan fingerprint density at radius 1 is 1.38 bits per heavy atom. The van der Waals surface area contributed by atoms with Crippen molar-refractivity contribution in [3.63, 3.8) is 0 Å². The topological polar surface area (TPSA) is 66.8 Å². The lowest BCUT2D eigenvalue weighted by Crippen LogP contribution is -2.29. The maximum Gasteiger partial charge on any atom is 0.488 e. The van der Waals surface area contributed by atoms with Gasteiger partial charge in [-0.15, -0.1) is 0 Å². The van der Waals surface area contributed by atoms with Crippen LogP contribution in [0.5, 0.6) is 0 Å². The van der Waals surface area contributed by atoms with Crippen molar-refractivity contribution >= 4 is 18.6 Å². The Balaban J connectivity index is 2.56. The Morgan fingerprint density at radius 3 is 2.38 bits per heavy atom. The van der Waals surface area contributed by atoms with Crippen LogP contribution in [0.1, 0.15) is 12.5 Å². The molecule has 84 valence electrons. The summed E-state index contributed by atoms with van der Waals surface area (Å²) in [5.74, 6) is -0.439. The van der Waals surface area contributed by atoms with Crippen LogP contribution in [-0.2, 0) is 16.1 Å². The first-order valence-electron chi connectivity index (χ1n) is 4.78. The van der Waals surface area contributed by atoms with Crippen molar-refractivity contribution in [3.05, 3.63) is 42.0 Å². The number of ether oxygens (including phenoxy) is 1. The van der Waals surface area contributed by atoms with E-state index < -0.39 is 13.1 Å². The molecule has 0 fully saturated rings. The number of hydrogen-bond donors (Lipinski definition) is 2. The standard InChI is InChI=1S/C11H13BO4/c1-8(2)11(13)16-7-9-3-5-10(6-4-9)12(14)15/h3-6,14-15H,1,7H2,2H3. The molecule has 2 N–H and O–H groups in total. The summed E-state index contributed by atoms with van der Waals surface area (Å²) in [6.45, 7) is 5.19. The molecule has 0 aliphatic heterocycles. The van der Waals surface area contributed by atoms with E-state index >= 15 is 0 Å². The van der Waals surface area contributed by atoms with E-state index in [-0.39, 0.29) is 6.61 Å². The van der Waals surface area contributed by atoms with E-state index in [1.54, 1.807) is 31.2 Å². The minimum absolute atomic E-state index is 0.146. The summed E-state index contributed by atoms with van der Waals surface area (Å²) >= 11 is 0. The van der Waals surface area contributed by atoms with Crippen molar-refractivity contribution in [1.29, 1.82) is 0 Å². The summed E-state index contributed by atoms with van der Waals surface area (Å²) in [5, 5.41) is 17.7. The summed E-state index contributed by atoms with van der Waals surface area (Å²) in [4.78, 5) is 11.1. The Kier molecular flexibility index (Phi) is 4.28. The van der Waals surface area contributed by atoms with Gasteiger partial charge in [0, 0.05) is 5.57 Å². The average Bonchev–Trinajstić information content (AvgIpc) is 2.26. The number of benzene rings is 1. The number of esters is 1. The van der Waals surface area contributed by atoms with Crippen molar-refractivity contribution in [1.82, 2.24) is 0 Å². The van der Waals surface area contributed by atoms with E-state index in [1.165, 1.54) is 0 Å². The van der Waals surface area contributed by atoms with Gasteiger partial charge < -0.3 is 14.8 Å². The van der Waals surface area contributed by atoms with Crippen LogP contribution in [0.4, 0.5) is 0 Å². The zero-order valence-corrected chi connectivity index (χ0v) is 9.01. The van der Waals surface area contributed by atoms with Gasteiger partial charge in [0.25, 0.3) is 0 Å². The van der Waals surface area contributed by atoms with Crippen LogP contribution < -0.4 is 5.46 Å². The molecule has 0 amide bonds. The molecule has 0 heterocycles. The molecule has 0 saturated carbocycles. The van der Waals surface area contributed by atoms with Gasteiger partial charge in [0.1, 0.15) is 6.61 Å². The molecule has 0 aliphatic carbocycles. The predicted molar refractivity (Wildman–Crippen MR) is 60.9 cm³/mol. The highest BCUT2D eigenvalue weighted by atomic mass is 16.5. The molecule has 1 rings (SSSR count). The van der Waals surface area contributed by atoms with Crippen LogP contribution in [0.25, 0.3) is 0 Å². The second-order valence-electron chi connectivity index (χ2n) is 3.47. The first-order chi connectivity index (χ1) is 7.50. The minimum atomic E-state index is -1.48. The van der Waals surface area contributed by atoms with Crippen LogP contribution >= 0.6 is 0 Å². The normalized spacial score (nSPS) is 9.69. The molecule has 0 aliphatic rings. The monoisotopic (exact) mass is 220 g/mol. The van der Waals surface area contributed by atoms with Crippen LogP contribution in [0, 0.1) is 0 Å². The van der Waals surface area contributed by atoms with E-state index in [9.17, 15) is 4.79 Å². The molecule has 4 nitrogen and oxygen atoms in total. The zero-order valence-electron chi connectivity index (χ0n) is 9.01. The third-order valence-corrected chi connectivity index (χ3v) is 2.00. The molecular weight excluding hydrogens is 207 g/mol. The second kappa shape index (κ2) is 5.49. The van der Waals surface area contributed by atoms with Crippen LogP contribution in [-0.4, -0.2) is 23.1 Å². The summed E-state index contributed by atoms with van der Waals surface area (Å²) < 4.78 is 4.93. The molecule has 0 bridgehead atoms. The van der Waals surface area contributed by atoms with Gasteiger partial charge in [-0.25, -0.2) is 4.79 Å². The summed E-state index contributed by atoms with van der Waals surface area (Å²) in [6, 6.07) is 6.46. The summed E-state index contributed by atoms with van der Waals surface area (Å²) in [6.07, 6.45) is 0. The molecule has 0 radical (unpaired) electrons. The largest absolute Gasteiger partial charge is 0.488 e. The maximum atomic E-state index is 11.1. The van der Waals surface area contributed by atoms with Gasteiger partial charge in [0.15, 0.2) is 0 Å². The van der Waals surface area contributed by atoms with Gasteiger partial charge >= 0.3 is 13.1 Å². The van der Waals surface area contributed by atoms with Gasteiger partial charge in [-0.2, -0.15) is 0 Å². The Labute approximate surface area is 94.3 Å². The number of carbonyl (C=O) groups is 1. The fourth-order valence-corrected chi connectivity index (χ4v) is 1.06. The lowest BCUT2D eigenvalue weighted by atomic mass is 9.80. The van der Waals surface area contributed by atoms with Crippen molar-refractivity contribution < 1.29 is 19.6 Å². The van der Waals surface area contributed by atoms with E-state index in [4.69, 9.17) is 14.8 Å². The van der Waals surface area contributed by atoms with Crippen LogP contribution in [0.2, 0.25) is 0 Å². The fraction of sp³-hybridized carbons (Fsp3) is 0.182. The first-order valence-corrected chi connectivity index (χ1v) is 4.78. The molecule has 0 unspecified atom stereocenters. The molecule has 1 aromatic rings. The predicted octanol–water partition coefficient (Wildman–Crippen LogP) is -0.0143. The highest BCUT2D eigenvalue weighted by Gasteiger charge is 2.10. The van der Waals surface area contributed by atoms with Crippen LogP contribution in [0.15, 0.2) is 36.4 Å². The molecular formula is C11H13BO4. The summed E-state index contributed by atoms with van der Waals surface area (Å²) in [5.41, 5.74) is 1.52. The Hall–Kier alpha value is -1.59. The van der Waals surface area contributed by atoms with Crippen molar-refractivity contribution in [2.24, 2.45) is 0 Å². The highest BCUT2D eigenvalue weighted by molar-refractivity contribution is 6.58. The van der Waals surface area contributed by atoms with Crippen molar-refractivity contribution in [3.8, 4) is 0 Å². The van der Waals surface area contributed by atoms with Crippen molar-refractivity contribution in [2.75, 3.05) is 0 Å². The third kappa shape index (κ3) is 3.53. The first kappa shape index (κ1) is 12.5. The SMILES string of the molecule is C=C(C)C(=O)OCc1ccc(B(O)O)cc1. The molecule has 0 atom stereocenters. The number of hydrogen-bond acceptors (Lipinski definition) is 4. The Morgan fingerprint density at radius 2 is 1.94 bits per heavy atom. The molecule has 5 heteroatoms. The quantitative estimate of drug-likeness (QED) is 0.425. The van der Waals surface area contributed by atoms with Crippen molar-refractivity contribution in [2.45, 2.75) is 13.5 Å². The minimum Gasteiger partial charge on any atom is -0.457 e. The van der Waals surface area contributed by atoms with E-state index in [0.717, 1.165) is 5.56 Å². The summed E-state index contributed by atoms with van der Waals surface area (Å²) in [7, 11) is -1.48. The lowest BCUT2D eigenvalue weighted by Gasteiger charge is -2.05. The second-order valence-corrected chi connectivity index (χ2v) is 3.47. The fourth-order valence-electron chi connectivity index (χ4n) is 1.06. The van der Waals surface area contributed by atoms with Gasteiger partial charge in [0.2, 0.25) is 0 Å². The highest BCUT2D eigenvalue weighted by Crippen LogP contribution is 2.02. The number of carbonyl (C=O) groups excluding carboxylic acids is 1. The molecule has 0 spiro atoms. The van der Waals surface area contributed by atoms with E-state index in [1.807, 2.05) is 0 Å². The average molecular weight is 220 g/mol. The zero-order chi connectivity index (χ0) is 12.1. The van der Waals surface area contributed by atoms with E-state index in [0.29, 0.717) is 11.0 Å². The van der Waals surface area contributed by atoms with E-state index in [2.05, 4.69) is 6.58 Å².